The van der Waals surface area contributed by atoms with Crippen LogP contribution in [0.4, 0.5) is 11.5 Å². The predicted octanol–water partition coefficient (Wildman–Crippen LogP) is 0.771. The average molecular weight is 283 g/mol. The van der Waals surface area contributed by atoms with Gasteiger partial charge < -0.3 is 5.32 Å². The van der Waals surface area contributed by atoms with E-state index in [1.54, 1.807) is 37.6 Å². The third-order valence-electron chi connectivity index (χ3n) is 3.27. The van der Waals surface area contributed by atoms with Crippen molar-refractivity contribution in [2.45, 2.75) is 0 Å². The van der Waals surface area contributed by atoms with E-state index in [-0.39, 0.29) is 5.56 Å². The number of aromatic nitrogens is 4. The topological polar surface area (TPSA) is 81.8 Å². The summed E-state index contributed by atoms with van der Waals surface area (Å²) in [4.78, 5) is 32.6. The van der Waals surface area contributed by atoms with Crippen LogP contribution in [-0.4, -0.2) is 19.1 Å². The lowest BCUT2D eigenvalue weighted by atomic mass is 10.2. The Labute approximate surface area is 119 Å². The molecule has 0 amide bonds. The standard InChI is InChI=1S/C14H13N5O2/c1-18-12-11(13(20)19(2)14(18)21)9(6-8-16-12)17-10-5-3-4-7-15-10/h3-8H,1-2H3,(H,15,16,17). The maximum atomic E-state index is 12.4. The molecule has 3 aromatic rings. The summed E-state index contributed by atoms with van der Waals surface area (Å²) in [5.74, 6) is 0.612. The molecule has 21 heavy (non-hydrogen) atoms. The van der Waals surface area contributed by atoms with E-state index in [0.717, 1.165) is 4.57 Å². The van der Waals surface area contributed by atoms with E-state index in [2.05, 4.69) is 15.3 Å². The van der Waals surface area contributed by atoms with Crippen molar-refractivity contribution in [2.75, 3.05) is 5.32 Å². The molecule has 7 nitrogen and oxygen atoms in total. The van der Waals surface area contributed by atoms with Crippen LogP contribution in [0.3, 0.4) is 0 Å². The quantitative estimate of drug-likeness (QED) is 0.751. The number of nitrogens with one attached hydrogen (secondary N) is 1. The lowest BCUT2D eigenvalue weighted by Gasteiger charge is -2.11. The van der Waals surface area contributed by atoms with Gasteiger partial charge >= 0.3 is 5.69 Å². The zero-order chi connectivity index (χ0) is 15.0. The summed E-state index contributed by atoms with van der Waals surface area (Å²) in [5.41, 5.74) is 0.105. The Morgan fingerprint density at radius 1 is 1.00 bits per heavy atom. The van der Waals surface area contributed by atoms with Gasteiger partial charge in [0.25, 0.3) is 5.56 Å². The normalized spacial score (nSPS) is 10.8. The first-order valence-corrected chi connectivity index (χ1v) is 6.32. The minimum Gasteiger partial charge on any atom is -0.339 e. The third-order valence-corrected chi connectivity index (χ3v) is 3.27. The van der Waals surface area contributed by atoms with Gasteiger partial charge in [-0.05, 0) is 18.2 Å². The van der Waals surface area contributed by atoms with Gasteiger partial charge in [0.05, 0.1) is 5.69 Å². The van der Waals surface area contributed by atoms with Gasteiger partial charge in [-0.2, -0.15) is 0 Å². The van der Waals surface area contributed by atoms with Crippen molar-refractivity contribution in [3.63, 3.8) is 0 Å². The molecule has 3 heterocycles. The van der Waals surface area contributed by atoms with Crippen molar-refractivity contribution in [1.29, 1.82) is 0 Å². The van der Waals surface area contributed by atoms with Gasteiger partial charge in [0, 0.05) is 26.5 Å². The molecule has 3 aromatic heterocycles. The highest BCUT2D eigenvalue weighted by Crippen LogP contribution is 2.19. The fraction of sp³-hybridized carbons (Fsp3) is 0.143. The molecule has 0 aliphatic rings. The number of pyridine rings is 2. The Hall–Kier alpha value is -2.96. The van der Waals surface area contributed by atoms with E-state index in [0.29, 0.717) is 22.5 Å². The molecule has 0 aliphatic heterocycles. The average Bonchev–Trinajstić information content (AvgIpc) is 2.51. The molecule has 0 saturated heterocycles. The molecule has 106 valence electrons. The summed E-state index contributed by atoms with van der Waals surface area (Å²) >= 11 is 0. The molecule has 0 atom stereocenters. The number of hydrogen-bond acceptors (Lipinski definition) is 5. The fourth-order valence-electron chi connectivity index (χ4n) is 2.16. The Morgan fingerprint density at radius 2 is 1.81 bits per heavy atom. The summed E-state index contributed by atoms with van der Waals surface area (Å²) in [6.07, 6.45) is 3.20. The minimum atomic E-state index is -0.407. The van der Waals surface area contributed by atoms with Gasteiger partial charge in [-0.25, -0.2) is 14.8 Å². The van der Waals surface area contributed by atoms with Crippen LogP contribution in [0.15, 0.2) is 46.2 Å². The number of anilines is 2. The SMILES string of the molecule is Cn1c(=O)c2c(Nc3ccccn3)ccnc2n(C)c1=O. The molecule has 0 fully saturated rings. The van der Waals surface area contributed by atoms with Crippen LogP contribution in [0, 0.1) is 0 Å². The second kappa shape index (κ2) is 4.86. The van der Waals surface area contributed by atoms with E-state index < -0.39 is 5.69 Å². The molecule has 0 spiro atoms. The maximum Gasteiger partial charge on any atom is 0.332 e. The molecular formula is C14H13N5O2. The van der Waals surface area contributed by atoms with Crippen LogP contribution in [0.2, 0.25) is 0 Å². The lowest BCUT2D eigenvalue weighted by Crippen LogP contribution is -2.37. The zero-order valence-corrected chi connectivity index (χ0v) is 11.6. The van der Waals surface area contributed by atoms with Crippen molar-refractivity contribution >= 4 is 22.5 Å². The molecule has 7 heteroatoms. The second-order valence-corrected chi connectivity index (χ2v) is 4.60. The minimum absolute atomic E-state index is 0.337. The molecule has 3 rings (SSSR count). The Morgan fingerprint density at radius 3 is 2.52 bits per heavy atom. The zero-order valence-electron chi connectivity index (χ0n) is 11.6. The van der Waals surface area contributed by atoms with Gasteiger partial charge in [-0.1, -0.05) is 6.07 Å². The van der Waals surface area contributed by atoms with Crippen LogP contribution < -0.4 is 16.6 Å². The monoisotopic (exact) mass is 283 g/mol. The van der Waals surface area contributed by atoms with E-state index in [9.17, 15) is 9.59 Å². The maximum absolute atomic E-state index is 12.4. The molecule has 1 N–H and O–H groups in total. The van der Waals surface area contributed by atoms with Crippen LogP contribution in [0.5, 0.6) is 0 Å². The Kier molecular flexibility index (Phi) is 3.02. The van der Waals surface area contributed by atoms with E-state index >= 15 is 0 Å². The predicted molar refractivity (Wildman–Crippen MR) is 79.7 cm³/mol. The van der Waals surface area contributed by atoms with Crippen LogP contribution in [-0.2, 0) is 14.1 Å². The molecule has 0 saturated carbocycles. The van der Waals surface area contributed by atoms with Crippen molar-refractivity contribution < 1.29 is 0 Å². The largest absolute Gasteiger partial charge is 0.339 e. The lowest BCUT2D eigenvalue weighted by molar-refractivity contribution is 0.708. The van der Waals surface area contributed by atoms with Crippen LogP contribution in [0.1, 0.15) is 0 Å². The number of fused-ring (bicyclic) bond motifs is 1. The van der Waals surface area contributed by atoms with Crippen LogP contribution in [0.25, 0.3) is 11.0 Å². The first-order valence-electron chi connectivity index (χ1n) is 6.32. The highest BCUT2D eigenvalue weighted by molar-refractivity contribution is 5.89. The molecule has 0 bridgehead atoms. The number of rotatable bonds is 2. The summed E-state index contributed by atoms with van der Waals surface area (Å²) in [6, 6.07) is 7.12. The third kappa shape index (κ3) is 2.08. The van der Waals surface area contributed by atoms with Crippen molar-refractivity contribution in [1.82, 2.24) is 19.1 Å². The van der Waals surface area contributed by atoms with Crippen molar-refractivity contribution in [3.05, 3.63) is 57.5 Å². The highest BCUT2D eigenvalue weighted by atomic mass is 16.2. The molecular weight excluding hydrogens is 270 g/mol. The smallest absolute Gasteiger partial charge is 0.332 e. The van der Waals surface area contributed by atoms with Gasteiger partial charge in [-0.3, -0.25) is 13.9 Å². The first-order chi connectivity index (χ1) is 10.1. The van der Waals surface area contributed by atoms with Crippen molar-refractivity contribution in [2.24, 2.45) is 14.1 Å². The Bertz CT molecular complexity index is 928. The summed E-state index contributed by atoms with van der Waals surface area (Å²) in [5, 5.41) is 3.44. The molecule has 0 unspecified atom stereocenters. The van der Waals surface area contributed by atoms with E-state index in [4.69, 9.17) is 0 Å². The van der Waals surface area contributed by atoms with Crippen molar-refractivity contribution in [3.8, 4) is 0 Å². The van der Waals surface area contributed by atoms with Gasteiger partial charge in [0.1, 0.15) is 11.2 Å². The molecule has 0 radical (unpaired) electrons. The summed E-state index contributed by atoms with van der Waals surface area (Å²) in [7, 11) is 3.03. The van der Waals surface area contributed by atoms with E-state index in [1.165, 1.54) is 11.6 Å². The molecule has 0 aromatic carbocycles. The van der Waals surface area contributed by atoms with E-state index in [1.807, 2.05) is 6.07 Å². The Balaban J connectivity index is 2.30. The first kappa shape index (κ1) is 13.0. The summed E-state index contributed by atoms with van der Waals surface area (Å²) < 4.78 is 2.41. The number of nitrogens with zero attached hydrogens (tertiary/aromatic N) is 4. The van der Waals surface area contributed by atoms with Crippen LogP contribution >= 0.6 is 0 Å². The second-order valence-electron chi connectivity index (χ2n) is 4.60. The van der Waals surface area contributed by atoms with Gasteiger partial charge in [0.2, 0.25) is 0 Å². The fourth-order valence-corrected chi connectivity index (χ4v) is 2.16. The molecule has 0 aliphatic carbocycles. The summed E-state index contributed by atoms with van der Waals surface area (Å²) in [6.45, 7) is 0. The number of hydrogen-bond donors (Lipinski definition) is 1. The van der Waals surface area contributed by atoms with Gasteiger partial charge in [-0.15, -0.1) is 0 Å². The number of aryl methyl sites for hydroxylation is 1. The highest BCUT2D eigenvalue weighted by Gasteiger charge is 2.13. The van der Waals surface area contributed by atoms with Gasteiger partial charge in [0.15, 0.2) is 5.65 Å².